The molecule has 0 unspecified atom stereocenters. The Morgan fingerprint density at radius 1 is 1.22 bits per heavy atom. The zero-order valence-corrected chi connectivity index (χ0v) is 14.4. The predicted molar refractivity (Wildman–Crippen MR) is 90.2 cm³/mol. The first-order valence-electron chi connectivity index (χ1n) is 8.15. The summed E-state index contributed by atoms with van der Waals surface area (Å²) in [5.41, 5.74) is 0.814. The number of nitrogens with one attached hydrogen (secondary N) is 1. The number of rotatable bonds is 5. The van der Waals surface area contributed by atoms with Gasteiger partial charge in [0.1, 0.15) is 0 Å². The minimum absolute atomic E-state index is 0.140. The second-order valence-corrected chi connectivity index (χ2v) is 6.84. The number of esters is 1. The van der Waals surface area contributed by atoms with E-state index in [0.717, 1.165) is 18.4 Å². The molecular weight excluding hydrogens is 314 g/mol. The van der Waals surface area contributed by atoms with Crippen LogP contribution in [-0.4, -0.2) is 24.5 Å². The number of ether oxygens (including phenoxy) is 1. The van der Waals surface area contributed by atoms with E-state index in [9.17, 15) is 9.59 Å². The molecule has 1 aromatic rings. The lowest BCUT2D eigenvalue weighted by Gasteiger charge is -2.34. The molecule has 126 valence electrons. The SMILES string of the molecule is C[C@@H]1[C@H](C)CCC[C@@H]1NC(=O)COC(=O)Cc1ccc(Cl)cc1. The summed E-state index contributed by atoms with van der Waals surface area (Å²) >= 11 is 5.80. The highest BCUT2D eigenvalue weighted by Crippen LogP contribution is 2.29. The molecule has 5 heteroatoms. The van der Waals surface area contributed by atoms with E-state index in [1.165, 1.54) is 6.42 Å². The highest BCUT2D eigenvalue weighted by atomic mass is 35.5. The van der Waals surface area contributed by atoms with Crippen LogP contribution in [0.5, 0.6) is 0 Å². The molecule has 0 bridgehead atoms. The Bertz CT molecular complexity index is 544. The Morgan fingerprint density at radius 2 is 1.91 bits per heavy atom. The Balaban J connectivity index is 1.73. The van der Waals surface area contributed by atoms with Crippen molar-refractivity contribution >= 4 is 23.5 Å². The molecule has 0 aromatic heterocycles. The number of amides is 1. The number of benzene rings is 1. The van der Waals surface area contributed by atoms with Crippen molar-refractivity contribution in [1.82, 2.24) is 5.32 Å². The lowest BCUT2D eigenvalue weighted by Crippen LogP contribution is -2.45. The van der Waals surface area contributed by atoms with Crippen molar-refractivity contribution in [2.75, 3.05) is 6.61 Å². The van der Waals surface area contributed by atoms with Gasteiger partial charge in [-0.3, -0.25) is 9.59 Å². The lowest BCUT2D eigenvalue weighted by molar-refractivity contribution is -0.148. The van der Waals surface area contributed by atoms with E-state index in [4.69, 9.17) is 16.3 Å². The van der Waals surface area contributed by atoms with Gasteiger partial charge in [-0.15, -0.1) is 0 Å². The fourth-order valence-corrected chi connectivity index (χ4v) is 3.13. The topological polar surface area (TPSA) is 55.4 Å². The summed E-state index contributed by atoms with van der Waals surface area (Å²) in [4.78, 5) is 23.7. The van der Waals surface area contributed by atoms with Gasteiger partial charge in [-0.1, -0.05) is 50.4 Å². The molecule has 1 aliphatic carbocycles. The first kappa shape index (κ1) is 17.8. The zero-order valence-electron chi connectivity index (χ0n) is 13.7. The Morgan fingerprint density at radius 3 is 2.61 bits per heavy atom. The van der Waals surface area contributed by atoms with Crippen LogP contribution in [0.2, 0.25) is 5.02 Å². The van der Waals surface area contributed by atoms with Crippen molar-refractivity contribution in [2.24, 2.45) is 11.8 Å². The van der Waals surface area contributed by atoms with Crippen molar-refractivity contribution in [3.05, 3.63) is 34.9 Å². The van der Waals surface area contributed by atoms with Gasteiger partial charge in [0.15, 0.2) is 6.61 Å². The summed E-state index contributed by atoms with van der Waals surface area (Å²) < 4.78 is 5.06. The third kappa shape index (κ3) is 5.54. The number of halogens is 1. The van der Waals surface area contributed by atoms with Crippen molar-refractivity contribution < 1.29 is 14.3 Å². The first-order chi connectivity index (χ1) is 11.0. The highest BCUT2D eigenvalue weighted by Gasteiger charge is 2.28. The van der Waals surface area contributed by atoms with E-state index in [2.05, 4.69) is 19.2 Å². The Kier molecular flexibility index (Phi) is 6.46. The monoisotopic (exact) mass is 337 g/mol. The van der Waals surface area contributed by atoms with Gasteiger partial charge in [0.2, 0.25) is 0 Å². The molecule has 1 N–H and O–H groups in total. The van der Waals surface area contributed by atoms with Crippen LogP contribution in [-0.2, 0) is 20.7 Å². The van der Waals surface area contributed by atoms with E-state index in [1.807, 2.05) is 0 Å². The molecule has 3 atom stereocenters. The third-order valence-corrected chi connectivity index (χ3v) is 4.93. The van der Waals surface area contributed by atoms with E-state index in [-0.39, 0.29) is 25.0 Å². The normalized spacial score (nSPS) is 24.0. The number of carbonyl (C=O) groups excluding carboxylic acids is 2. The van der Waals surface area contributed by atoms with Crippen LogP contribution in [0.1, 0.15) is 38.7 Å². The molecular formula is C18H24ClNO3. The van der Waals surface area contributed by atoms with Gasteiger partial charge in [0, 0.05) is 11.1 Å². The molecule has 1 fully saturated rings. The van der Waals surface area contributed by atoms with Crippen LogP contribution >= 0.6 is 11.6 Å². The van der Waals surface area contributed by atoms with Crippen LogP contribution in [0.3, 0.4) is 0 Å². The molecule has 4 nitrogen and oxygen atoms in total. The number of carbonyl (C=O) groups is 2. The largest absolute Gasteiger partial charge is 0.455 e. The minimum Gasteiger partial charge on any atom is -0.455 e. The van der Waals surface area contributed by atoms with Gasteiger partial charge >= 0.3 is 5.97 Å². The van der Waals surface area contributed by atoms with Gasteiger partial charge < -0.3 is 10.1 Å². The molecule has 0 saturated heterocycles. The van der Waals surface area contributed by atoms with E-state index < -0.39 is 5.97 Å². The predicted octanol–water partition coefficient (Wildman–Crippen LogP) is 3.37. The average Bonchev–Trinajstić information content (AvgIpc) is 2.52. The zero-order chi connectivity index (χ0) is 16.8. The van der Waals surface area contributed by atoms with Crippen molar-refractivity contribution in [3.8, 4) is 0 Å². The van der Waals surface area contributed by atoms with Crippen molar-refractivity contribution in [3.63, 3.8) is 0 Å². The molecule has 23 heavy (non-hydrogen) atoms. The number of hydrogen-bond donors (Lipinski definition) is 1. The molecule has 0 spiro atoms. The third-order valence-electron chi connectivity index (χ3n) is 4.68. The minimum atomic E-state index is -0.410. The van der Waals surface area contributed by atoms with Gasteiger partial charge in [-0.25, -0.2) is 0 Å². The average molecular weight is 338 g/mol. The molecule has 2 rings (SSSR count). The van der Waals surface area contributed by atoms with E-state index in [1.54, 1.807) is 24.3 Å². The summed E-state index contributed by atoms with van der Waals surface area (Å²) in [7, 11) is 0. The molecule has 1 aliphatic rings. The maximum Gasteiger partial charge on any atom is 0.310 e. The van der Waals surface area contributed by atoms with Gasteiger partial charge in [-0.05, 0) is 36.0 Å². The maximum absolute atomic E-state index is 12.0. The summed E-state index contributed by atoms with van der Waals surface area (Å²) in [5, 5.41) is 3.61. The van der Waals surface area contributed by atoms with E-state index >= 15 is 0 Å². The van der Waals surface area contributed by atoms with Crippen LogP contribution in [0.4, 0.5) is 0 Å². The molecule has 0 aliphatic heterocycles. The van der Waals surface area contributed by atoms with Crippen molar-refractivity contribution in [2.45, 2.75) is 45.6 Å². The van der Waals surface area contributed by atoms with E-state index in [0.29, 0.717) is 16.9 Å². The van der Waals surface area contributed by atoms with Crippen LogP contribution in [0.15, 0.2) is 24.3 Å². The molecule has 1 saturated carbocycles. The fourth-order valence-electron chi connectivity index (χ4n) is 3.00. The Hall–Kier alpha value is -1.55. The highest BCUT2D eigenvalue weighted by molar-refractivity contribution is 6.30. The summed E-state index contributed by atoms with van der Waals surface area (Å²) in [6, 6.07) is 7.18. The first-order valence-corrected chi connectivity index (χ1v) is 8.53. The summed E-state index contributed by atoms with van der Waals surface area (Å²) in [5.74, 6) is 0.437. The smallest absolute Gasteiger partial charge is 0.310 e. The van der Waals surface area contributed by atoms with Crippen molar-refractivity contribution in [1.29, 1.82) is 0 Å². The maximum atomic E-state index is 12.0. The standard InChI is InChI=1S/C18H24ClNO3/c1-12-4-3-5-16(13(12)2)20-17(21)11-23-18(22)10-14-6-8-15(19)9-7-14/h6-9,12-13,16H,3-5,10-11H2,1-2H3,(H,20,21)/t12-,13-,16+/m1/s1. The quantitative estimate of drug-likeness (QED) is 0.838. The van der Waals surface area contributed by atoms with Gasteiger partial charge in [0.05, 0.1) is 6.42 Å². The van der Waals surface area contributed by atoms with Gasteiger partial charge in [-0.2, -0.15) is 0 Å². The second kappa shape index (κ2) is 8.34. The molecule has 0 heterocycles. The summed E-state index contributed by atoms with van der Waals surface area (Å²) in [6.07, 6.45) is 3.48. The van der Waals surface area contributed by atoms with Crippen LogP contribution in [0, 0.1) is 11.8 Å². The Labute approximate surface area is 142 Å². The lowest BCUT2D eigenvalue weighted by atomic mass is 9.78. The molecule has 0 radical (unpaired) electrons. The number of hydrogen-bond acceptors (Lipinski definition) is 3. The van der Waals surface area contributed by atoms with Gasteiger partial charge in [0.25, 0.3) is 5.91 Å². The summed E-state index contributed by atoms with van der Waals surface area (Å²) in [6.45, 7) is 4.17. The molecule has 1 amide bonds. The molecule has 1 aromatic carbocycles. The van der Waals surface area contributed by atoms with Crippen LogP contribution in [0.25, 0.3) is 0 Å². The van der Waals surface area contributed by atoms with Crippen LogP contribution < -0.4 is 5.32 Å². The second-order valence-electron chi connectivity index (χ2n) is 6.41. The fraction of sp³-hybridized carbons (Fsp3) is 0.556.